The molecule has 0 radical (unpaired) electrons. The molecule has 0 spiro atoms. The van der Waals surface area contributed by atoms with E-state index in [-0.39, 0.29) is 5.91 Å². The Morgan fingerprint density at radius 3 is 3.00 bits per heavy atom. The SMILES string of the molecule is CN1CCC(CNC(=O)c2ccc(Cl)cc2Br)C1. The molecular formula is C13H16BrClN2O. The third-order valence-electron chi connectivity index (χ3n) is 3.22. The van der Waals surface area contributed by atoms with E-state index in [1.807, 2.05) is 0 Å². The van der Waals surface area contributed by atoms with Crippen LogP contribution in [0.15, 0.2) is 22.7 Å². The highest BCUT2D eigenvalue weighted by Gasteiger charge is 2.20. The third kappa shape index (κ3) is 3.46. The number of carbonyl (C=O) groups is 1. The van der Waals surface area contributed by atoms with Crippen molar-refractivity contribution < 1.29 is 4.79 Å². The summed E-state index contributed by atoms with van der Waals surface area (Å²) >= 11 is 9.21. The van der Waals surface area contributed by atoms with Crippen LogP contribution >= 0.6 is 27.5 Å². The van der Waals surface area contributed by atoms with Gasteiger partial charge in [-0.1, -0.05) is 11.6 Å². The summed E-state index contributed by atoms with van der Waals surface area (Å²) in [5.74, 6) is 0.512. The molecule has 2 rings (SSSR count). The number of rotatable bonds is 3. The van der Waals surface area contributed by atoms with Gasteiger partial charge in [0.1, 0.15) is 0 Å². The van der Waals surface area contributed by atoms with Gasteiger partial charge in [-0.15, -0.1) is 0 Å². The van der Waals surface area contributed by atoms with Crippen molar-refractivity contribution in [1.82, 2.24) is 10.2 Å². The van der Waals surface area contributed by atoms with Gasteiger partial charge in [0.15, 0.2) is 0 Å². The molecule has 1 aromatic rings. The van der Waals surface area contributed by atoms with E-state index in [0.29, 0.717) is 16.5 Å². The second-order valence-electron chi connectivity index (χ2n) is 4.75. The number of nitrogens with zero attached hydrogens (tertiary/aromatic N) is 1. The van der Waals surface area contributed by atoms with Gasteiger partial charge in [-0.25, -0.2) is 0 Å². The Balaban J connectivity index is 1.91. The summed E-state index contributed by atoms with van der Waals surface area (Å²) in [5, 5.41) is 3.60. The lowest BCUT2D eigenvalue weighted by molar-refractivity contribution is 0.0947. The molecule has 1 unspecified atom stereocenters. The molecule has 0 aliphatic carbocycles. The number of carbonyl (C=O) groups excluding carboxylic acids is 1. The molecule has 0 aromatic heterocycles. The zero-order valence-corrected chi connectivity index (χ0v) is 12.6. The topological polar surface area (TPSA) is 32.3 Å². The van der Waals surface area contributed by atoms with E-state index in [1.54, 1.807) is 18.2 Å². The number of nitrogens with one attached hydrogen (secondary N) is 1. The third-order valence-corrected chi connectivity index (χ3v) is 4.11. The van der Waals surface area contributed by atoms with Crippen molar-refractivity contribution in [1.29, 1.82) is 0 Å². The van der Waals surface area contributed by atoms with Crippen molar-refractivity contribution >= 4 is 33.4 Å². The number of hydrogen-bond donors (Lipinski definition) is 1. The van der Waals surface area contributed by atoms with Crippen LogP contribution in [0.5, 0.6) is 0 Å². The molecule has 1 heterocycles. The molecule has 3 nitrogen and oxygen atoms in total. The summed E-state index contributed by atoms with van der Waals surface area (Å²) in [6.45, 7) is 2.91. The van der Waals surface area contributed by atoms with Crippen molar-refractivity contribution in [2.24, 2.45) is 5.92 Å². The Morgan fingerprint density at radius 1 is 1.61 bits per heavy atom. The molecule has 98 valence electrons. The first kappa shape index (κ1) is 13.8. The van der Waals surface area contributed by atoms with Crippen LogP contribution in [0.4, 0.5) is 0 Å². The molecule has 0 bridgehead atoms. The van der Waals surface area contributed by atoms with E-state index in [4.69, 9.17) is 11.6 Å². The van der Waals surface area contributed by atoms with E-state index in [1.165, 1.54) is 0 Å². The van der Waals surface area contributed by atoms with E-state index in [0.717, 1.165) is 30.5 Å². The van der Waals surface area contributed by atoms with Gasteiger partial charge < -0.3 is 10.2 Å². The summed E-state index contributed by atoms with van der Waals surface area (Å²) in [6, 6.07) is 5.20. The molecule has 1 atom stereocenters. The lowest BCUT2D eigenvalue weighted by Gasteiger charge is -2.12. The van der Waals surface area contributed by atoms with Crippen molar-refractivity contribution in [2.45, 2.75) is 6.42 Å². The van der Waals surface area contributed by atoms with Crippen molar-refractivity contribution in [3.8, 4) is 0 Å². The standard InChI is InChI=1S/C13H16BrClN2O/c1-17-5-4-9(8-17)7-16-13(18)11-3-2-10(15)6-12(11)14/h2-3,6,9H,4-5,7-8H2,1H3,(H,16,18). The molecule has 0 saturated carbocycles. The van der Waals surface area contributed by atoms with Crippen molar-refractivity contribution in [3.05, 3.63) is 33.3 Å². The van der Waals surface area contributed by atoms with Crippen LogP contribution in [0, 0.1) is 5.92 Å². The summed E-state index contributed by atoms with van der Waals surface area (Å²) in [6.07, 6.45) is 1.15. The highest BCUT2D eigenvalue weighted by atomic mass is 79.9. The molecule has 1 saturated heterocycles. The minimum Gasteiger partial charge on any atom is -0.352 e. The summed E-state index contributed by atoms with van der Waals surface area (Å²) in [4.78, 5) is 14.3. The molecule has 1 fully saturated rings. The Morgan fingerprint density at radius 2 is 2.39 bits per heavy atom. The van der Waals surface area contributed by atoms with Crippen molar-refractivity contribution in [3.63, 3.8) is 0 Å². The minimum atomic E-state index is -0.0481. The van der Waals surface area contributed by atoms with Gasteiger partial charge in [0.05, 0.1) is 5.56 Å². The summed E-state index contributed by atoms with van der Waals surface area (Å²) in [7, 11) is 2.11. The van der Waals surface area contributed by atoms with E-state index >= 15 is 0 Å². The minimum absolute atomic E-state index is 0.0481. The number of halogens is 2. The largest absolute Gasteiger partial charge is 0.352 e. The fraction of sp³-hybridized carbons (Fsp3) is 0.462. The maximum Gasteiger partial charge on any atom is 0.252 e. The zero-order chi connectivity index (χ0) is 13.1. The Labute approximate surface area is 121 Å². The normalized spacial score (nSPS) is 20.1. The molecule has 5 heteroatoms. The van der Waals surface area contributed by atoms with Crippen LogP contribution in [-0.4, -0.2) is 37.5 Å². The highest BCUT2D eigenvalue weighted by Crippen LogP contribution is 2.21. The van der Waals surface area contributed by atoms with Crippen LogP contribution in [0.2, 0.25) is 5.02 Å². The first-order chi connectivity index (χ1) is 8.56. The van der Waals surface area contributed by atoms with Gasteiger partial charge in [0, 0.05) is 22.6 Å². The smallest absolute Gasteiger partial charge is 0.252 e. The average molecular weight is 332 g/mol. The quantitative estimate of drug-likeness (QED) is 0.924. The number of likely N-dealkylation sites (tertiary alicyclic amines) is 1. The van der Waals surface area contributed by atoms with Gasteiger partial charge in [-0.3, -0.25) is 4.79 Å². The maximum atomic E-state index is 12.0. The highest BCUT2D eigenvalue weighted by molar-refractivity contribution is 9.10. The predicted molar refractivity (Wildman–Crippen MR) is 77.1 cm³/mol. The fourth-order valence-electron chi connectivity index (χ4n) is 2.20. The monoisotopic (exact) mass is 330 g/mol. The van der Waals surface area contributed by atoms with Crippen LogP contribution in [0.3, 0.4) is 0 Å². The van der Waals surface area contributed by atoms with Crippen molar-refractivity contribution in [2.75, 3.05) is 26.7 Å². The second-order valence-corrected chi connectivity index (χ2v) is 6.04. The second kappa shape index (κ2) is 6.04. The molecule has 1 N–H and O–H groups in total. The van der Waals surface area contributed by atoms with Gasteiger partial charge in [-0.05, 0) is 60.1 Å². The molecule has 1 aliphatic rings. The summed E-state index contributed by atoms with van der Waals surface area (Å²) in [5.41, 5.74) is 0.630. The van der Waals surface area contributed by atoms with Gasteiger partial charge >= 0.3 is 0 Å². The first-order valence-corrected chi connectivity index (χ1v) is 7.15. The van der Waals surface area contributed by atoms with Gasteiger partial charge in [0.25, 0.3) is 5.91 Å². The van der Waals surface area contributed by atoms with E-state index < -0.39 is 0 Å². The predicted octanol–water partition coefficient (Wildman–Crippen LogP) is 2.78. The van der Waals surface area contributed by atoms with Crippen LogP contribution in [-0.2, 0) is 0 Å². The lowest BCUT2D eigenvalue weighted by Crippen LogP contribution is -2.30. The zero-order valence-electron chi connectivity index (χ0n) is 10.2. The van der Waals surface area contributed by atoms with Gasteiger partial charge in [-0.2, -0.15) is 0 Å². The Kier molecular flexibility index (Phi) is 4.65. The summed E-state index contributed by atoms with van der Waals surface area (Å²) < 4.78 is 0.732. The first-order valence-electron chi connectivity index (χ1n) is 5.98. The van der Waals surface area contributed by atoms with Crippen LogP contribution < -0.4 is 5.32 Å². The van der Waals surface area contributed by atoms with Crippen LogP contribution in [0.25, 0.3) is 0 Å². The van der Waals surface area contributed by atoms with Crippen LogP contribution in [0.1, 0.15) is 16.8 Å². The average Bonchev–Trinajstić information content (AvgIpc) is 2.72. The fourth-order valence-corrected chi connectivity index (χ4v) is 3.06. The molecule has 1 aromatic carbocycles. The number of amides is 1. The van der Waals surface area contributed by atoms with E-state index in [9.17, 15) is 4.79 Å². The lowest BCUT2D eigenvalue weighted by atomic mass is 10.1. The molecule has 18 heavy (non-hydrogen) atoms. The molecular weight excluding hydrogens is 316 g/mol. The number of hydrogen-bond acceptors (Lipinski definition) is 2. The van der Waals surface area contributed by atoms with E-state index in [2.05, 4.69) is 33.2 Å². The molecule has 1 aliphatic heterocycles. The Hall–Kier alpha value is -0.580. The number of benzene rings is 1. The maximum absolute atomic E-state index is 12.0. The Bertz CT molecular complexity index is 453. The molecule has 1 amide bonds. The van der Waals surface area contributed by atoms with Gasteiger partial charge in [0.2, 0.25) is 0 Å².